The molecule has 1 N–H and O–H groups in total. The molecule has 0 atom stereocenters. The molecule has 4 heteroatoms. The van der Waals surface area contributed by atoms with Gasteiger partial charge in [-0.3, -0.25) is 0 Å². The van der Waals surface area contributed by atoms with E-state index in [2.05, 4.69) is 27.0 Å². The zero-order valence-corrected chi connectivity index (χ0v) is 9.88. The number of rotatable bonds is 2. The zero-order valence-electron chi connectivity index (χ0n) is 9.88. The Morgan fingerprint density at radius 3 is 2.40 bits per heavy atom. The second-order valence-corrected chi connectivity index (χ2v) is 4.78. The van der Waals surface area contributed by atoms with E-state index < -0.39 is 0 Å². The minimum absolute atomic E-state index is 0.231. The molecule has 1 aliphatic rings. The van der Waals surface area contributed by atoms with E-state index in [9.17, 15) is 0 Å². The van der Waals surface area contributed by atoms with Crippen LogP contribution in [0.15, 0.2) is 0 Å². The highest BCUT2D eigenvalue weighted by molar-refractivity contribution is 5.26. The van der Waals surface area contributed by atoms with Gasteiger partial charge in [0.2, 0.25) is 5.95 Å². The molecule has 0 amide bonds. The first-order valence-electron chi connectivity index (χ1n) is 5.75. The van der Waals surface area contributed by atoms with E-state index in [-0.39, 0.29) is 5.41 Å². The van der Waals surface area contributed by atoms with Gasteiger partial charge in [0.1, 0.15) is 5.82 Å². The first-order valence-corrected chi connectivity index (χ1v) is 5.75. The van der Waals surface area contributed by atoms with Crippen molar-refractivity contribution in [1.29, 1.82) is 0 Å². The Kier molecular flexibility index (Phi) is 2.67. The smallest absolute Gasteiger partial charge is 0.224 e. The van der Waals surface area contributed by atoms with Crippen molar-refractivity contribution in [2.45, 2.75) is 44.4 Å². The van der Waals surface area contributed by atoms with Gasteiger partial charge in [-0.15, -0.1) is 10.2 Å². The average molecular weight is 208 g/mol. The summed E-state index contributed by atoms with van der Waals surface area (Å²) >= 11 is 0. The monoisotopic (exact) mass is 208 g/mol. The van der Waals surface area contributed by atoms with Gasteiger partial charge in [-0.25, -0.2) is 0 Å². The molecule has 0 saturated heterocycles. The van der Waals surface area contributed by atoms with E-state index in [1.165, 1.54) is 32.1 Å². The summed E-state index contributed by atoms with van der Waals surface area (Å²) in [7, 11) is 3.93. The summed E-state index contributed by atoms with van der Waals surface area (Å²) in [5.41, 5.74) is 0.231. The predicted molar refractivity (Wildman–Crippen MR) is 61.0 cm³/mol. The molecular formula is C11H20N4. The lowest BCUT2D eigenvalue weighted by Crippen LogP contribution is -2.28. The Balaban J connectivity index is 2.30. The van der Waals surface area contributed by atoms with Crippen LogP contribution in [0.5, 0.6) is 0 Å². The molecule has 1 aromatic rings. The van der Waals surface area contributed by atoms with Crippen molar-refractivity contribution in [2.24, 2.45) is 7.05 Å². The molecule has 84 valence electrons. The van der Waals surface area contributed by atoms with E-state index >= 15 is 0 Å². The molecule has 1 saturated carbocycles. The van der Waals surface area contributed by atoms with Crippen LogP contribution in [0.25, 0.3) is 0 Å². The third-order valence-electron chi connectivity index (χ3n) is 3.60. The van der Waals surface area contributed by atoms with Crippen molar-refractivity contribution in [2.75, 3.05) is 12.4 Å². The molecule has 1 fully saturated rings. The number of aromatic nitrogens is 3. The summed E-state index contributed by atoms with van der Waals surface area (Å²) in [6.45, 7) is 2.32. The maximum Gasteiger partial charge on any atom is 0.224 e. The fourth-order valence-electron chi connectivity index (χ4n) is 2.63. The highest BCUT2D eigenvalue weighted by Crippen LogP contribution is 2.38. The first kappa shape index (κ1) is 10.5. The van der Waals surface area contributed by atoms with E-state index in [1.807, 2.05) is 14.1 Å². The van der Waals surface area contributed by atoms with Gasteiger partial charge in [-0.2, -0.15) is 0 Å². The second-order valence-electron chi connectivity index (χ2n) is 4.78. The van der Waals surface area contributed by atoms with Crippen molar-refractivity contribution < 1.29 is 0 Å². The second kappa shape index (κ2) is 3.83. The highest BCUT2D eigenvalue weighted by atomic mass is 15.3. The van der Waals surface area contributed by atoms with Gasteiger partial charge in [0, 0.05) is 19.5 Å². The van der Waals surface area contributed by atoms with Crippen LogP contribution in [-0.4, -0.2) is 21.8 Å². The molecule has 1 aromatic heterocycles. The average Bonchev–Trinajstić information content (AvgIpc) is 2.61. The standard InChI is InChI=1S/C11H20N4/c1-11(7-5-4-6-8-11)9-13-14-10(12-2)15(9)3/h4-8H2,1-3H3,(H,12,14). The van der Waals surface area contributed by atoms with Gasteiger partial charge in [0.05, 0.1) is 0 Å². The minimum Gasteiger partial charge on any atom is -0.357 e. The quantitative estimate of drug-likeness (QED) is 0.809. The fourth-order valence-corrected chi connectivity index (χ4v) is 2.63. The van der Waals surface area contributed by atoms with E-state index in [1.54, 1.807) is 0 Å². The molecule has 0 aromatic carbocycles. The molecule has 0 radical (unpaired) electrons. The van der Waals surface area contributed by atoms with Crippen LogP contribution in [0.2, 0.25) is 0 Å². The third-order valence-corrected chi connectivity index (χ3v) is 3.60. The molecule has 4 nitrogen and oxygen atoms in total. The van der Waals surface area contributed by atoms with Gasteiger partial charge in [0.25, 0.3) is 0 Å². The molecular weight excluding hydrogens is 188 g/mol. The number of hydrogen-bond acceptors (Lipinski definition) is 3. The van der Waals surface area contributed by atoms with Crippen LogP contribution in [-0.2, 0) is 12.5 Å². The van der Waals surface area contributed by atoms with Gasteiger partial charge < -0.3 is 9.88 Å². The van der Waals surface area contributed by atoms with Crippen molar-refractivity contribution in [1.82, 2.24) is 14.8 Å². The molecule has 0 unspecified atom stereocenters. The van der Waals surface area contributed by atoms with Crippen molar-refractivity contribution in [3.05, 3.63) is 5.82 Å². The topological polar surface area (TPSA) is 42.7 Å². The van der Waals surface area contributed by atoms with Gasteiger partial charge in [0.15, 0.2) is 0 Å². The van der Waals surface area contributed by atoms with Gasteiger partial charge >= 0.3 is 0 Å². The summed E-state index contributed by atoms with van der Waals surface area (Å²) < 4.78 is 2.09. The lowest BCUT2D eigenvalue weighted by atomic mass is 9.75. The van der Waals surface area contributed by atoms with E-state index in [0.717, 1.165) is 11.8 Å². The van der Waals surface area contributed by atoms with Crippen molar-refractivity contribution >= 4 is 5.95 Å². The SMILES string of the molecule is CNc1nnc(C2(C)CCCCC2)n1C. The van der Waals surface area contributed by atoms with Gasteiger partial charge in [-0.1, -0.05) is 26.2 Å². The molecule has 0 spiro atoms. The first-order chi connectivity index (χ1) is 7.17. The third kappa shape index (κ3) is 1.73. The lowest BCUT2D eigenvalue weighted by Gasteiger charge is -2.32. The van der Waals surface area contributed by atoms with Crippen LogP contribution < -0.4 is 5.32 Å². The Labute approximate surface area is 91.1 Å². The number of nitrogens with one attached hydrogen (secondary N) is 1. The summed E-state index contributed by atoms with van der Waals surface area (Å²) in [6, 6.07) is 0. The summed E-state index contributed by atoms with van der Waals surface area (Å²) in [6.07, 6.45) is 6.48. The Morgan fingerprint density at radius 1 is 1.20 bits per heavy atom. The zero-order chi connectivity index (χ0) is 10.9. The predicted octanol–water partition coefficient (Wildman–Crippen LogP) is 2.08. The van der Waals surface area contributed by atoms with Crippen LogP contribution >= 0.6 is 0 Å². The molecule has 1 heterocycles. The van der Waals surface area contributed by atoms with Crippen LogP contribution in [0.3, 0.4) is 0 Å². The molecule has 0 aliphatic heterocycles. The van der Waals surface area contributed by atoms with Crippen molar-refractivity contribution in [3.8, 4) is 0 Å². The summed E-state index contributed by atoms with van der Waals surface area (Å²) in [5, 5.41) is 11.6. The summed E-state index contributed by atoms with van der Waals surface area (Å²) in [5.74, 6) is 1.99. The van der Waals surface area contributed by atoms with E-state index in [0.29, 0.717) is 0 Å². The largest absolute Gasteiger partial charge is 0.357 e. The lowest BCUT2D eigenvalue weighted by molar-refractivity contribution is 0.297. The Morgan fingerprint density at radius 2 is 1.87 bits per heavy atom. The fraction of sp³-hybridized carbons (Fsp3) is 0.818. The minimum atomic E-state index is 0.231. The normalized spacial score (nSPS) is 20.2. The summed E-state index contributed by atoms with van der Waals surface area (Å²) in [4.78, 5) is 0. The molecule has 0 bridgehead atoms. The number of nitrogens with zero attached hydrogens (tertiary/aromatic N) is 3. The molecule has 2 rings (SSSR count). The molecule has 1 aliphatic carbocycles. The van der Waals surface area contributed by atoms with E-state index in [4.69, 9.17) is 0 Å². The van der Waals surface area contributed by atoms with Crippen LogP contribution in [0.1, 0.15) is 44.9 Å². The Bertz CT molecular complexity index is 336. The van der Waals surface area contributed by atoms with Crippen LogP contribution in [0.4, 0.5) is 5.95 Å². The van der Waals surface area contributed by atoms with Crippen molar-refractivity contribution in [3.63, 3.8) is 0 Å². The highest BCUT2D eigenvalue weighted by Gasteiger charge is 2.33. The maximum absolute atomic E-state index is 4.33. The molecule has 15 heavy (non-hydrogen) atoms. The Hall–Kier alpha value is -1.06. The van der Waals surface area contributed by atoms with Gasteiger partial charge in [-0.05, 0) is 12.8 Å². The number of anilines is 1. The number of hydrogen-bond donors (Lipinski definition) is 1. The van der Waals surface area contributed by atoms with Crippen LogP contribution in [0, 0.1) is 0 Å². The maximum atomic E-state index is 4.33.